The summed E-state index contributed by atoms with van der Waals surface area (Å²) in [6.45, 7) is 2.44. The summed E-state index contributed by atoms with van der Waals surface area (Å²) in [4.78, 5) is 25.5. The monoisotopic (exact) mass is 321 g/mol. The number of carbonyl (C=O) groups is 2. The Morgan fingerprint density at radius 2 is 2.10 bits per heavy atom. The van der Waals surface area contributed by atoms with Crippen molar-refractivity contribution in [3.8, 4) is 0 Å². The van der Waals surface area contributed by atoms with Crippen molar-refractivity contribution in [3.05, 3.63) is 49.9 Å². The standard InChI is InChI=1S/C15H15NO3S2/c1-10-7-20-9-13(10)15(19)16(2)6-12-5-11(8-21-12)3-4-14(17)18/h3-5,7-9H,6H2,1-2H3,(H,17,18). The molecule has 0 spiro atoms. The van der Waals surface area contributed by atoms with Crippen LogP contribution in [0.25, 0.3) is 6.08 Å². The first-order valence-electron chi connectivity index (χ1n) is 6.24. The van der Waals surface area contributed by atoms with Gasteiger partial charge in [-0.3, -0.25) is 4.79 Å². The highest BCUT2D eigenvalue weighted by molar-refractivity contribution is 7.10. The van der Waals surface area contributed by atoms with Gasteiger partial charge >= 0.3 is 5.97 Å². The smallest absolute Gasteiger partial charge is 0.328 e. The van der Waals surface area contributed by atoms with Crippen LogP contribution in [0, 0.1) is 6.92 Å². The van der Waals surface area contributed by atoms with Gasteiger partial charge in [0.15, 0.2) is 0 Å². The van der Waals surface area contributed by atoms with E-state index in [1.54, 1.807) is 18.0 Å². The molecule has 0 radical (unpaired) electrons. The number of hydrogen-bond acceptors (Lipinski definition) is 4. The van der Waals surface area contributed by atoms with E-state index in [9.17, 15) is 9.59 Å². The van der Waals surface area contributed by atoms with Crippen molar-refractivity contribution in [2.24, 2.45) is 0 Å². The summed E-state index contributed by atoms with van der Waals surface area (Å²) in [5.74, 6) is -0.965. The summed E-state index contributed by atoms with van der Waals surface area (Å²) in [6.07, 6.45) is 2.66. The number of carboxylic acids is 1. The van der Waals surface area contributed by atoms with Crippen molar-refractivity contribution in [2.75, 3.05) is 7.05 Å². The van der Waals surface area contributed by atoms with Crippen LogP contribution in [0.2, 0.25) is 0 Å². The number of nitrogens with zero attached hydrogens (tertiary/aromatic N) is 1. The third-order valence-electron chi connectivity index (χ3n) is 2.92. The van der Waals surface area contributed by atoms with Gasteiger partial charge in [0.05, 0.1) is 12.1 Å². The highest BCUT2D eigenvalue weighted by Gasteiger charge is 2.15. The molecule has 1 N–H and O–H groups in total. The highest BCUT2D eigenvalue weighted by Crippen LogP contribution is 2.20. The van der Waals surface area contributed by atoms with E-state index in [1.165, 1.54) is 22.7 Å². The number of aliphatic carboxylic acids is 1. The van der Waals surface area contributed by atoms with Crippen LogP contribution in [0.1, 0.15) is 26.4 Å². The van der Waals surface area contributed by atoms with Gasteiger partial charge in [0.2, 0.25) is 0 Å². The second-order valence-electron chi connectivity index (χ2n) is 4.65. The Morgan fingerprint density at radius 3 is 2.71 bits per heavy atom. The topological polar surface area (TPSA) is 57.6 Å². The zero-order chi connectivity index (χ0) is 15.4. The molecule has 0 saturated carbocycles. The van der Waals surface area contributed by atoms with E-state index in [0.717, 1.165) is 27.6 Å². The molecular weight excluding hydrogens is 306 g/mol. The summed E-state index contributed by atoms with van der Waals surface area (Å²) < 4.78 is 0. The number of carbonyl (C=O) groups excluding carboxylic acids is 1. The third-order valence-corrected chi connectivity index (χ3v) is 4.72. The van der Waals surface area contributed by atoms with E-state index in [2.05, 4.69) is 0 Å². The van der Waals surface area contributed by atoms with Crippen molar-refractivity contribution >= 4 is 40.6 Å². The predicted octanol–water partition coefficient (Wildman–Crippen LogP) is 3.49. The summed E-state index contributed by atoms with van der Waals surface area (Å²) in [6, 6.07) is 1.90. The lowest BCUT2D eigenvalue weighted by molar-refractivity contribution is -0.131. The second-order valence-corrected chi connectivity index (χ2v) is 6.39. The molecule has 6 heteroatoms. The van der Waals surface area contributed by atoms with Crippen LogP contribution in [0.3, 0.4) is 0 Å². The Kier molecular flexibility index (Phi) is 4.93. The van der Waals surface area contributed by atoms with E-state index >= 15 is 0 Å². The van der Waals surface area contributed by atoms with Crippen LogP contribution in [0.4, 0.5) is 0 Å². The Hall–Kier alpha value is -1.92. The Bertz CT molecular complexity index is 685. The molecule has 0 aliphatic carbocycles. The minimum absolute atomic E-state index is 0.00442. The van der Waals surface area contributed by atoms with Crippen LogP contribution in [-0.4, -0.2) is 28.9 Å². The van der Waals surface area contributed by atoms with Crippen molar-refractivity contribution in [1.82, 2.24) is 4.90 Å². The lowest BCUT2D eigenvalue weighted by Gasteiger charge is -2.16. The van der Waals surface area contributed by atoms with Crippen molar-refractivity contribution in [1.29, 1.82) is 0 Å². The molecule has 2 aromatic heterocycles. The van der Waals surface area contributed by atoms with Gasteiger partial charge in [-0.25, -0.2) is 4.79 Å². The zero-order valence-electron chi connectivity index (χ0n) is 11.7. The van der Waals surface area contributed by atoms with Gasteiger partial charge in [0, 0.05) is 23.4 Å². The maximum Gasteiger partial charge on any atom is 0.328 e. The van der Waals surface area contributed by atoms with Crippen molar-refractivity contribution < 1.29 is 14.7 Å². The Morgan fingerprint density at radius 1 is 1.33 bits per heavy atom. The quantitative estimate of drug-likeness (QED) is 0.858. The summed E-state index contributed by atoms with van der Waals surface area (Å²) in [7, 11) is 1.77. The first-order valence-corrected chi connectivity index (χ1v) is 8.06. The summed E-state index contributed by atoms with van der Waals surface area (Å²) >= 11 is 3.03. The molecular formula is C15H15NO3S2. The molecule has 4 nitrogen and oxygen atoms in total. The molecule has 2 aromatic rings. The van der Waals surface area contributed by atoms with E-state index in [-0.39, 0.29) is 5.91 Å². The minimum Gasteiger partial charge on any atom is -0.478 e. The van der Waals surface area contributed by atoms with Gasteiger partial charge in [0.25, 0.3) is 5.91 Å². The predicted molar refractivity (Wildman–Crippen MR) is 85.8 cm³/mol. The normalized spacial score (nSPS) is 11.0. The SMILES string of the molecule is Cc1cscc1C(=O)N(C)Cc1cc(C=CC(=O)O)cs1. The van der Waals surface area contributed by atoms with E-state index in [1.807, 2.05) is 29.1 Å². The summed E-state index contributed by atoms with van der Waals surface area (Å²) in [5, 5.41) is 14.3. The average Bonchev–Trinajstić information content (AvgIpc) is 3.04. The fourth-order valence-electron chi connectivity index (χ4n) is 1.83. The van der Waals surface area contributed by atoms with Gasteiger partial charge in [-0.1, -0.05) is 0 Å². The van der Waals surface area contributed by atoms with Crippen molar-refractivity contribution in [3.63, 3.8) is 0 Å². The lowest BCUT2D eigenvalue weighted by Crippen LogP contribution is -2.25. The molecule has 2 rings (SSSR count). The molecule has 0 saturated heterocycles. The Labute approximate surface area is 131 Å². The fourth-order valence-corrected chi connectivity index (χ4v) is 3.55. The number of rotatable bonds is 5. The van der Waals surface area contributed by atoms with E-state index in [4.69, 9.17) is 5.11 Å². The van der Waals surface area contributed by atoms with Crippen LogP contribution < -0.4 is 0 Å². The van der Waals surface area contributed by atoms with Crippen LogP contribution in [0.5, 0.6) is 0 Å². The number of carboxylic acid groups (broad SMARTS) is 1. The largest absolute Gasteiger partial charge is 0.478 e. The molecule has 21 heavy (non-hydrogen) atoms. The van der Waals surface area contributed by atoms with Crippen LogP contribution in [-0.2, 0) is 11.3 Å². The number of aryl methyl sites for hydroxylation is 1. The minimum atomic E-state index is -0.969. The molecule has 0 aliphatic heterocycles. The van der Waals surface area contributed by atoms with Crippen molar-refractivity contribution in [2.45, 2.75) is 13.5 Å². The van der Waals surface area contributed by atoms with Gasteiger partial charge in [-0.15, -0.1) is 11.3 Å². The number of amides is 1. The zero-order valence-corrected chi connectivity index (χ0v) is 13.3. The van der Waals surface area contributed by atoms with Gasteiger partial charge in [-0.2, -0.15) is 11.3 Å². The molecule has 0 aromatic carbocycles. The molecule has 0 aliphatic rings. The van der Waals surface area contributed by atoms with Crippen LogP contribution >= 0.6 is 22.7 Å². The number of thiophene rings is 2. The molecule has 2 heterocycles. The molecule has 0 fully saturated rings. The van der Waals surface area contributed by atoms with Crippen LogP contribution in [0.15, 0.2) is 28.3 Å². The fraction of sp³-hybridized carbons (Fsp3) is 0.200. The lowest BCUT2D eigenvalue weighted by atomic mass is 10.2. The maximum absolute atomic E-state index is 12.3. The van der Waals surface area contributed by atoms with E-state index < -0.39 is 5.97 Å². The first-order chi connectivity index (χ1) is 9.97. The Balaban J connectivity index is 2.03. The van der Waals surface area contributed by atoms with Gasteiger partial charge < -0.3 is 10.0 Å². The summed E-state index contributed by atoms with van der Waals surface area (Å²) in [5.41, 5.74) is 2.57. The molecule has 110 valence electrons. The van der Waals surface area contributed by atoms with Gasteiger partial charge in [-0.05, 0) is 41.0 Å². The molecule has 0 unspecified atom stereocenters. The third kappa shape index (κ3) is 4.03. The van der Waals surface area contributed by atoms with E-state index in [0.29, 0.717) is 6.54 Å². The first kappa shape index (κ1) is 15.5. The molecule has 0 bridgehead atoms. The number of hydrogen-bond donors (Lipinski definition) is 1. The average molecular weight is 321 g/mol. The van der Waals surface area contributed by atoms with Gasteiger partial charge in [0.1, 0.15) is 0 Å². The second kappa shape index (κ2) is 6.69. The maximum atomic E-state index is 12.3. The molecule has 0 atom stereocenters. The highest BCUT2D eigenvalue weighted by atomic mass is 32.1. The molecule has 1 amide bonds.